The molecular formula is C47H68N4O9S. The van der Waals surface area contributed by atoms with Gasteiger partial charge >= 0.3 is 5.97 Å². The van der Waals surface area contributed by atoms with Crippen LogP contribution < -0.4 is 14.2 Å². The average molecular weight is 865 g/mol. The molecule has 3 aliphatic carbocycles. The number of nitrogens with one attached hydrogen (secondary N) is 1. The molecule has 8 atom stereocenters. The molecule has 7 rings (SSSR count). The highest BCUT2D eigenvalue weighted by atomic mass is 32.2. The Balaban J connectivity index is 1.28. The molecule has 61 heavy (non-hydrogen) atoms. The molecule has 14 heteroatoms. The lowest BCUT2D eigenvalue weighted by atomic mass is 9.77. The third-order valence-electron chi connectivity index (χ3n) is 15.1. The third-order valence-corrected chi connectivity index (χ3v) is 17.3. The highest BCUT2D eigenvalue weighted by Gasteiger charge is 2.64. The minimum Gasteiger partial charge on any atom is -0.497 e. The van der Waals surface area contributed by atoms with Crippen molar-refractivity contribution in [1.82, 2.24) is 19.6 Å². The SMILES string of the molecule is CCC[C@@H]1C[C@]1(CC(=O)[C@@H]1[C@H](CC)[C@@H]2CN1C(=O)[C@H](C(C)(C)C)CC(=O)O[C@]1(C)CCC[C@H]1CCCCCc1nc3ccc(OC)cc3nc1O2)C(=O)NS(=O)(=O)C1(C)CC1. The van der Waals surface area contributed by atoms with Gasteiger partial charge in [0.15, 0.2) is 5.78 Å². The minimum atomic E-state index is -3.95. The molecule has 3 heterocycles. The Labute approximate surface area is 362 Å². The van der Waals surface area contributed by atoms with Gasteiger partial charge in [0.2, 0.25) is 27.7 Å². The lowest BCUT2D eigenvalue weighted by Gasteiger charge is -2.37. The Morgan fingerprint density at radius 2 is 1.74 bits per heavy atom. The first kappa shape index (κ1) is 45.2. The van der Waals surface area contributed by atoms with Gasteiger partial charge in [-0.05, 0) is 114 Å². The van der Waals surface area contributed by atoms with Crippen LogP contribution in [0.5, 0.6) is 11.6 Å². The van der Waals surface area contributed by atoms with E-state index in [0.29, 0.717) is 66.9 Å². The predicted molar refractivity (Wildman–Crippen MR) is 231 cm³/mol. The second kappa shape index (κ2) is 17.1. The summed E-state index contributed by atoms with van der Waals surface area (Å²) < 4.78 is 46.9. The first-order chi connectivity index (χ1) is 28.8. The van der Waals surface area contributed by atoms with E-state index in [2.05, 4.69) is 4.72 Å². The summed E-state index contributed by atoms with van der Waals surface area (Å²) in [4.78, 5) is 70.2. The van der Waals surface area contributed by atoms with Gasteiger partial charge in [0.1, 0.15) is 23.1 Å². The molecule has 0 radical (unpaired) electrons. The number of rotatable bonds is 10. The maximum absolute atomic E-state index is 15.3. The van der Waals surface area contributed by atoms with Crippen LogP contribution in [0.15, 0.2) is 18.2 Å². The number of carbonyl (C=O) groups excluding carboxylic acids is 4. The summed E-state index contributed by atoms with van der Waals surface area (Å²) in [5.41, 5.74) is -0.512. The molecular weight excluding hydrogens is 797 g/mol. The first-order valence-electron chi connectivity index (χ1n) is 22.9. The number of ketones is 1. The Morgan fingerprint density at radius 1 is 1.00 bits per heavy atom. The van der Waals surface area contributed by atoms with Gasteiger partial charge < -0.3 is 19.1 Å². The number of aromatic nitrogens is 2. The number of carbonyl (C=O) groups is 4. The lowest BCUT2D eigenvalue weighted by molar-refractivity contribution is -0.167. The molecule has 1 saturated heterocycles. The van der Waals surface area contributed by atoms with Crippen LogP contribution in [0.2, 0.25) is 0 Å². The fourth-order valence-corrected chi connectivity index (χ4v) is 12.0. The van der Waals surface area contributed by atoms with Crippen LogP contribution in [0.4, 0.5) is 0 Å². The average Bonchev–Trinajstić information content (AvgIpc) is 4.04. The van der Waals surface area contributed by atoms with E-state index in [9.17, 15) is 18.0 Å². The topological polar surface area (TPSA) is 171 Å². The van der Waals surface area contributed by atoms with Crippen LogP contribution in [0.25, 0.3) is 11.0 Å². The molecule has 2 amide bonds. The number of ether oxygens (including phenoxy) is 3. The zero-order valence-corrected chi connectivity index (χ0v) is 38.5. The fraction of sp³-hybridized carbons (Fsp3) is 0.745. The number of Topliss-reactive ketones (excluding diaryl/α,β-unsaturated/α-hetero) is 1. The second-order valence-corrected chi connectivity index (χ2v) is 22.7. The number of sulfonamides is 1. The van der Waals surface area contributed by atoms with Crippen molar-refractivity contribution < 1.29 is 41.8 Å². The van der Waals surface area contributed by atoms with Gasteiger partial charge in [-0.2, -0.15) is 0 Å². The number of methoxy groups -OCH3 is 1. The summed E-state index contributed by atoms with van der Waals surface area (Å²) in [6.07, 6.45) is 9.21. The molecule has 4 fully saturated rings. The molecule has 1 N–H and O–H groups in total. The van der Waals surface area contributed by atoms with Gasteiger partial charge in [-0.15, -0.1) is 0 Å². The van der Waals surface area contributed by atoms with Crippen LogP contribution in [0, 0.1) is 34.5 Å². The van der Waals surface area contributed by atoms with Crippen LogP contribution in [0.1, 0.15) is 150 Å². The molecule has 1 aromatic heterocycles. The summed E-state index contributed by atoms with van der Waals surface area (Å²) in [5, 5.41) is 0. The quantitative estimate of drug-likeness (QED) is 0.233. The molecule has 1 aromatic carbocycles. The van der Waals surface area contributed by atoms with Gasteiger partial charge in [0.05, 0.1) is 53.2 Å². The highest BCUT2D eigenvalue weighted by molar-refractivity contribution is 7.91. The van der Waals surface area contributed by atoms with Crippen molar-refractivity contribution in [3.05, 3.63) is 23.9 Å². The van der Waals surface area contributed by atoms with Crippen molar-refractivity contribution in [3.8, 4) is 11.6 Å². The number of nitrogens with zero attached hydrogens (tertiary/aromatic N) is 3. The van der Waals surface area contributed by atoms with Crippen LogP contribution in [-0.2, 0) is 40.4 Å². The zero-order valence-electron chi connectivity index (χ0n) is 37.6. The normalized spacial score (nSPS) is 31.8. The largest absolute Gasteiger partial charge is 0.497 e. The van der Waals surface area contributed by atoms with Crippen LogP contribution in [0.3, 0.4) is 0 Å². The Morgan fingerprint density at radius 3 is 2.41 bits per heavy atom. The van der Waals surface area contributed by atoms with Gasteiger partial charge in [-0.1, -0.05) is 53.9 Å². The number of hydrogen-bond donors (Lipinski definition) is 1. The van der Waals surface area contributed by atoms with Gasteiger partial charge in [0, 0.05) is 18.4 Å². The van der Waals surface area contributed by atoms with Crippen LogP contribution >= 0.6 is 0 Å². The van der Waals surface area contributed by atoms with Crippen molar-refractivity contribution in [3.63, 3.8) is 0 Å². The maximum Gasteiger partial charge on any atom is 0.307 e. The summed E-state index contributed by atoms with van der Waals surface area (Å²) >= 11 is 0. The van der Waals surface area contributed by atoms with E-state index in [4.69, 9.17) is 24.2 Å². The minimum absolute atomic E-state index is 0.0523. The third kappa shape index (κ3) is 9.03. The van der Waals surface area contributed by atoms with E-state index < -0.39 is 67.1 Å². The lowest BCUT2D eigenvalue weighted by Crippen LogP contribution is -2.50. The van der Waals surface area contributed by atoms with E-state index in [-0.39, 0.29) is 42.9 Å². The number of amides is 2. The number of benzene rings is 1. The standard InChI is InChI=1S/C47H68N4O9S/c1-9-15-30-26-47(30,43(55)50-61(56,57)45(6)22-23-45)27-37(52)40-32(10-2)38-28-51(40)42(54)33(44(3,4)5)25-39(53)60-46(7)21-14-17-29(46)16-12-11-13-18-35-41(59-38)49-36-24-31(58-8)19-20-34(36)48-35/h19-20,24,29-30,32-33,38,40H,9-18,21-23,25-28H2,1-8H3,(H,50,55)/t29-,30-,32-,33-,38+,40+,46-,47-/m1/s1. The summed E-state index contributed by atoms with van der Waals surface area (Å²) in [6.45, 7) is 13.5. The van der Waals surface area contributed by atoms with E-state index in [1.807, 2.05) is 59.7 Å². The Hall–Kier alpha value is -3.81. The van der Waals surface area contributed by atoms with Gasteiger partial charge in [-0.3, -0.25) is 23.9 Å². The highest BCUT2D eigenvalue weighted by Crippen LogP contribution is 2.59. The van der Waals surface area contributed by atoms with Gasteiger partial charge in [0.25, 0.3) is 0 Å². The molecule has 0 spiro atoms. The van der Waals surface area contributed by atoms with E-state index >= 15 is 9.59 Å². The van der Waals surface area contributed by atoms with Crippen molar-refractivity contribution in [2.45, 2.75) is 174 Å². The second-order valence-electron chi connectivity index (χ2n) is 20.5. The molecule has 13 nitrogen and oxygen atoms in total. The van der Waals surface area contributed by atoms with Crippen molar-refractivity contribution >= 4 is 44.6 Å². The molecule has 2 bridgehead atoms. The van der Waals surface area contributed by atoms with Crippen molar-refractivity contribution in [2.24, 2.45) is 34.5 Å². The smallest absolute Gasteiger partial charge is 0.307 e. The van der Waals surface area contributed by atoms with Crippen molar-refractivity contribution in [2.75, 3.05) is 13.7 Å². The summed E-state index contributed by atoms with van der Waals surface area (Å²) in [5.74, 6) is -2.02. The first-order valence-corrected chi connectivity index (χ1v) is 24.4. The monoisotopic (exact) mass is 864 g/mol. The van der Waals surface area contributed by atoms with Gasteiger partial charge in [-0.25, -0.2) is 18.4 Å². The Bertz CT molecular complexity index is 2130. The van der Waals surface area contributed by atoms with E-state index in [0.717, 1.165) is 51.4 Å². The van der Waals surface area contributed by atoms with Crippen LogP contribution in [-0.4, -0.2) is 83.0 Å². The predicted octanol–water partition coefficient (Wildman–Crippen LogP) is 7.66. The molecule has 2 aliphatic heterocycles. The number of hydrogen-bond acceptors (Lipinski definition) is 11. The number of esters is 1. The number of aryl methyl sites for hydroxylation is 1. The molecule has 3 saturated carbocycles. The molecule has 336 valence electrons. The summed E-state index contributed by atoms with van der Waals surface area (Å²) in [7, 11) is -2.35. The fourth-order valence-electron chi connectivity index (χ4n) is 10.7. The molecule has 5 aliphatic rings. The zero-order chi connectivity index (χ0) is 44.1. The van der Waals surface area contributed by atoms with Crippen molar-refractivity contribution in [1.29, 1.82) is 0 Å². The molecule has 0 unspecified atom stereocenters. The summed E-state index contributed by atoms with van der Waals surface area (Å²) in [6, 6.07) is 4.55. The Kier molecular flexibility index (Phi) is 12.6. The van der Waals surface area contributed by atoms with E-state index in [1.165, 1.54) is 0 Å². The maximum atomic E-state index is 15.3. The number of fused-ring (bicyclic) bond motifs is 5. The van der Waals surface area contributed by atoms with E-state index in [1.54, 1.807) is 18.9 Å². The molecule has 2 aromatic rings.